The molecule has 1 aliphatic carbocycles. The summed E-state index contributed by atoms with van der Waals surface area (Å²) in [6.45, 7) is 2.90. The van der Waals surface area contributed by atoms with Crippen molar-refractivity contribution < 1.29 is 15.0 Å². The maximum atomic E-state index is 13.0. The minimum absolute atomic E-state index is 0.0440. The van der Waals surface area contributed by atoms with Gasteiger partial charge in [0.05, 0.1) is 13.2 Å². The van der Waals surface area contributed by atoms with Crippen LogP contribution in [-0.4, -0.2) is 34.0 Å². The number of nitrogens with zero attached hydrogens (tertiary/aromatic N) is 1. The van der Waals surface area contributed by atoms with Crippen LogP contribution in [0.5, 0.6) is 0 Å². The van der Waals surface area contributed by atoms with Gasteiger partial charge in [-0.05, 0) is 89.8 Å². The van der Waals surface area contributed by atoms with Gasteiger partial charge in [-0.2, -0.15) is 0 Å². The molecule has 3 aromatic carbocycles. The number of rotatable bonds is 6. The first-order valence-electron chi connectivity index (χ1n) is 11.7. The number of hydrogen-bond acceptors (Lipinski definition) is 4. The lowest BCUT2D eigenvalue weighted by Crippen LogP contribution is -2.34. The molecule has 4 nitrogen and oxygen atoms in total. The van der Waals surface area contributed by atoms with E-state index in [1.807, 2.05) is 6.07 Å². The molecular weight excluding hydrogens is 398 g/mol. The van der Waals surface area contributed by atoms with E-state index in [1.165, 1.54) is 16.3 Å². The predicted octanol–water partition coefficient (Wildman–Crippen LogP) is 4.48. The fourth-order valence-electron chi connectivity index (χ4n) is 5.58. The lowest BCUT2D eigenvalue weighted by molar-refractivity contribution is 0.0895. The maximum Gasteiger partial charge on any atom is 0.166 e. The average molecular weight is 430 g/mol. The molecule has 5 rings (SSSR count). The molecule has 0 amide bonds. The van der Waals surface area contributed by atoms with E-state index in [2.05, 4.69) is 47.4 Å². The Labute approximate surface area is 189 Å². The number of likely N-dealkylation sites (tertiary alicyclic amines) is 1. The Morgan fingerprint density at radius 1 is 0.875 bits per heavy atom. The summed E-state index contributed by atoms with van der Waals surface area (Å²) in [6, 6.07) is 19.0. The molecule has 1 unspecified atom stereocenters. The molecule has 4 heteroatoms. The van der Waals surface area contributed by atoms with E-state index in [9.17, 15) is 15.0 Å². The second kappa shape index (κ2) is 9.14. The second-order valence-electron chi connectivity index (χ2n) is 9.50. The van der Waals surface area contributed by atoms with E-state index in [-0.39, 0.29) is 24.9 Å². The minimum atomic E-state index is -0.142. The molecule has 0 aromatic heterocycles. The molecular formula is C28H31NO3. The first-order valence-corrected chi connectivity index (χ1v) is 11.7. The number of carbonyl (C=O) groups is 1. The normalized spacial score (nSPS) is 19.6. The van der Waals surface area contributed by atoms with E-state index >= 15 is 0 Å². The number of carbonyl (C=O) groups excluding carboxylic acids is 1. The number of aliphatic hydroxyl groups excluding tert-OH is 2. The SMILES string of the molecule is O=C1c2cc(CO)c(CO)cc2CC1CC1CCN(Cc2ccc3ccccc3c2)CC1. The first-order chi connectivity index (χ1) is 15.6. The van der Waals surface area contributed by atoms with Gasteiger partial charge in [0.15, 0.2) is 5.78 Å². The van der Waals surface area contributed by atoms with E-state index in [4.69, 9.17) is 0 Å². The molecule has 1 saturated heterocycles. The zero-order chi connectivity index (χ0) is 22.1. The van der Waals surface area contributed by atoms with Crippen molar-refractivity contribution in [3.63, 3.8) is 0 Å². The number of hydrogen-bond donors (Lipinski definition) is 2. The summed E-state index contributed by atoms with van der Waals surface area (Å²) in [5.41, 5.74) is 4.56. The monoisotopic (exact) mass is 429 g/mol. The van der Waals surface area contributed by atoms with Crippen LogP contribution in [0, 0.1) is 11.8 Å². The van der Waals surface area contributed by atoms with Crippen molar-refractivity contribution in [1.29, 1.82) is 0 Å². The lowest BCUT2D eigenvalue weighted by atomic mass is 9.85. The summed E-state index contributed by atoms with van der Waals surface area (Å²) < 4.78 is 0. The summed E-state index contributed by atoms with van der Waals surface area (Å²) in [5, 5.41) is 21.7. The van der Waals surface area contributed by atoms with Crippen molar-refractivity contribution in [3.8, 4) is 0 Å². The highest BCUT2D eigenvalue weighted by atomic mass is 16.3. The van der Waals surface area contributed by atoms with Crippen LogP contribution < -0.4 is 0 Å². The molecule has 1 aliphatic heterocycles. The zero-order valence-electron chi connectivity index (χ0n) is 18.5. The molecule has 1 heterocycles. The molecule has 2 N–H and O–H groups in total. The van der Waals surface area contributed by atoms with E-state index in [0.29, 0.717) is 11.5 Å². The number of Topliss-reactive ketones (excluding diaryl/α,β-unsaturated/α-hetero) is 1. The van der Waals surface area contributed by atoms with Crippen molar-refractivity contribution in [1.82, 2.24) is 4.90 Å². The third-order valence-electron chi connectivity index (χ3n) is 7.41. The lowest BCUT2D eigenvalue weighted by Gasteiger charge is -2.33. The van der Waals surface area contributed by atoms with Crippen molar-refractivity contribution in [3.05, 3.63) is 82.4 Å². The maximum absolute atomic E-state index is 13.0. The largest absolute Gasteiger partial charge is 0.392 e. The molecule has 0 radical (unpaired) electrons. The van der Waals surface area contributed by atoms with E-state index in [0.717, 1.165) is 62.0 Å². The third kappa shape index (κ3) is 4.23. The second-order valence-corrected chi connectivity index (χ2v) is 9.50. The van der Waals surface area contributed by atoms with Crippen LogP contribution in [0.2, 0.25) is 0 Å². The van der Waals surface area contributed by atoms with Crippen LogP contribution >= 0.6 is 0 Å². The fraction of sp³-hybridized carbons (Fsp3) is 0.393. The standard InChI is InChI=1S/C28H31NO3/c30-17-25-14-23-13-24(28(32)27(23)15-26(25)18-31)11-19-7-9-29(10-8-19)16-20-5-6-21-3-1-2-4-22(21)12-20/h1-6,12,14-15,19,24,30-31H,7-11,13,16-18H2. The number of piperidine rings is 1. The summed E-state index contributed by atoms with van der Waals surface area (Å²) >= 11 is 0. The molecule has 166 valence electrons. The first kappa shape index (κ1) is 21.3. The Kier molecular flexibility index (Phi) is 6.09. The minimum Gasteiger partial charge on any atom is -0.392 e. The quantitative estimate of drug-likeness (QED) is 0.606. The molecule has 0 bridgehead atoms. The molecule has 3 aromatic rings. The number of fused-ring (bicyclic) bond motifs is 2. The summed E-state index contributed by atoms with van der Waals surface area (Å²) in [5.74, 6) is 0.848. The molecule has 0 saturated carbocycles. The Bertz CT molecular complexity index is 1130. The van der Waals surface area contributed by atoms with Crippen molar-refractivity contribution in [2.45, 2.75) is 45.4 Å². The molecule has 2 aliphatic rings. The highest BCUT2D eigenvalue weighted by Crippen LogP contribution is 2.35. The smallest absolute Gasteiger partial charge is 0.166 e. The summed E-state index contributed by atoms with van der Waals surface area (Å²) in [7, 11) is 0. The highest BCUT2D eigenvalue weighted by Gasteiger charge is 2.34. The van der Waals surface area contributed by atoms with Crippen LogP contribution in [-0.2, 0) is 26.2 Å². The third-order valence-corrected chi connectivity index (χ3v) is 7.41. The Morgan fingerprint density at radius 3 is 2.34 bits per heavy atom. The van der Waals surface area contributed by atoms with Gasteiger partial charge >= 0.3 is 0 Å². The zero-order valence-corrected chi connectivity index (χ0v) is 18.5. The van der Waals surface area contributed by atoms with Crippen molar-refractivity contribution in [2.24, 2.45) is 11.8 Å². The average Bonchev–Trinajstić information content (AvgIpc) is 3.13. The number of aliphatic hydroxyl groups is 2. The molecule has 1 fully saturated rings. The number of ketones is 1. The predicted molar refractivity (Wildman–Crippen MR) is 126 cm³/mol. The molecule has 0 spiro atoms. The Balaban J connectivity index is 1.17. The van der Waals surface area contributed by atoms with E-state index < -0.39 is 0 Å². The van der Waals surface area contributed by atoms with Crippen LogP contribution in [0.4, 0.5) is 0 Å². The summed E-state index contributed by atoms with van der Waals surface area (Å²) in [6.07, 6.45) is 3.99. The number of benzene rings is 3. The van der Waals surface area contributed by atoms with Crippen LogP contribution in [0.25, 0.3) is 10.8 Å². The van der Waals surface area contributed by atoms with Gasteiger partial charge in [-0.15, -0.1) is 0 Å². The van der Waals surface area contributed by atoms with Crippen LogP contribution in [0.1, 0.15) is 51.9 Å². The highest BCUT2D eigenvalue weighted by molar-refractivity contribution is 6.02. The topological polar surface area (TPSA) is 60.8 Å². The van der Waals surface area contributed by atoms with Gasteiger partial charge in [0, 0.05) is 18.0 Å². The van der Waals surface area contributed by atoms with Gasteiger partial charge in [0.25, 0.3) is 0 Å². The molecule has 1 atom stereocenters. The van der Waals surface area contributed by atoms with Gasteiger partial charge in [-0.1, -0.05) is 42.5 Å². The van der Waals surface area contributed by atoms with E-state index in [1.54, 1.807) is 6.07 Å². The van der Waals surface area contributed by atoms with Gasteiger partial charge < -0.3 is 10.2 Å². The fourth-order valence-corrected chi connectivity index (χ4v) is 5.58. The Morgan fingerprint density at radius 2 is 1.59 bits per heavy atom. The Hall–Kier alpha value is -2.53. The molecule has 32 heavy (non-hydrogen) atoms. The van der Waals surface area contributed by atoms with Gasteiger partial charge in [0.1, 0.15) is 0 Å². The summed E-state index contributed by atoms with van der Waals surface area (Å²) in [4.78, 5) is 15.5. The van der Waals surface area contributed by atoms with Crippen molar-refractivity contribution >= 4 is 16.6 Å². The van der Waals surface area contributed by atoms with Crippen LogP contribution in [0.15, 0.2) is 54.6 Å². The van der Waals surface area contributed by atoms with Crippen LogP contribution in [0.3, 0.4) is 0 Å². The van der Waals surface area contributed by atoms with Gasteiger partial charge in [0.2, 0.25) is 0 Å². The van der Waals surface area contributed by atoms with Crippen molar-refractivity contribution in [2.75, 3.05) is 13.1 Å². The van der Waals surface area contributed by atoms with Gasteiger partial charge in [-0.3, -0.25) is 9.69 Å². The van der Waals surface area contributed by atoms with Gasteiger partial charge in [-0.25, -0.2) is 0 Å².